The molecule has 3 aliphatic heterocycles. The number of ether oxygens (including phenoxy) is 2. The maximum absolute atomic E-state index is 12.1. The average Bonchev–Trinajstić information content (AvgIpc) is 3.28. The van der Waals surface area contributed by atoms with Crippen LogP contribution in [0.4, 0.5) is 5.69 Å². The molecular formula is C26H32N2O3. The minimum Gasteiger partial charge on any atom is -0.493 e. The van der Waals surface area contributed by atoms with Crippen molar-refractivity contribution in [3.05, 3.63) is 53.1 Å². The van der Waals surface area contributed by atoms with Gasteiger partial charge in [0.2, 0.25) is 5.91 Å². The number of rotatable bonds is 5. The summed E-state index contributed by atoms with van der Waals surface area (Å²) in [7, 11) is 0. The van der Waals surface area contributed by atoms with Crippen LogP contribution >= 0.6 is 0 Å². The molecule has 1 atom stereocenters. The Kier molecular flexibility index (Phi) is 5.86. The number of likely N-dealkylation sites (tertiary alicyclic amines) is 1. The number of amides is 1. The van der Waals surface area contributed by atoms with Gasteiger partial charge in [-0.05, 0) is 56.0 Å². The lowest BCUT2D eigenvalue weighted by Gasteiger charge is -2.36. The van der Waals surface area contributed by atoms with Gasteiger partial charge in [0.1, 0.15) is 18.1 Å². The summed E-state index contributed by atoms with van der Waals surface area (Å²) in [6, 6.07) is 12.9. The second-order valence-electron chi connectivity index (χ2n) is 8.96. The summed E-state index contributed by atoms with van der Waals surface area (Å²) < 4.78 is 11.9. The lowest BCUT2D eigenvalue weighted by atomic mass is 9.89. The molecule has 0 bridgehead atoms. The van der Waals surface area contributed by atoms with Crippen LogP contribution in [0.5, 0.6) is 11.5 Å². The average molecular weight is 421 g/mol. The summed E-state index contributed by atoms with van der Waals surface area (Å²) in [4.78, 5) is 16.5. The smallest absolute Gasteiger partial charge is 0.224 e. The molecule has 5 nitrogen and oxygen atoms in total. The third-order valence-corrected chi connectivity index (χ3v) is 6.92. The minimum absolute atomic E-state index is 0.0864. The number of anilines is 1. The maximum Gasteiger partial charge on any atom is 0.224 e. The Bertz CT molecular complexity index is 958. The van der Waals surface area contributed by atoms with Crippen molar-refractivity contribution in [3.63, 3.8) is 0 Å². The maximum atomic E-state index is 12.1. The van der Waals surface area contributed by atoms with Gasteiger partial charge in [0.05, 0.1) is 18.8 Å². The number of nitrogens with zero attached hydrogens (tertiary/aromatic N) is 2. The molecule has 0 N–H and O–H groups in total. The number of carbonyl (C=O) groups is 1. The van der Waals surface area contributed by atoms with Crippen molar-refractivity contribution in [3.8, 4) is 11.5 Å². The van der Waals surface area contributed by atoms with Crippen molar-refractivity contribution in [1.29, 1.82) is 0 Å². The Hall–Kier alpha value is -2.53. The Labute approximate surface area is 184 Å². The normalized spacial score (nSPS) is 20.5. The Morgan fingerprint density at radius 1 is 1.06 bits per heavy atom. The largest absolute Gasteiger partial charge is 0.493 e. The SMILES string of the molecule is CC(=O)N1CCOc2c(C3CCCN(CCCc4cccc5c4OCC5)C3)cccc21. The second-order valence-corrected chi connectivity index (χ2v) is 8.96. The van der Waals surface area contributed by atoms with Gasteiger partial charge in [-0.15, -0.1) is 0 Å². The molecule has 0 aromatic heterocycles. The number of piperidine rings is 1. The molecule has 0 saturated carbocycles. The molecule has 1 unspecified atom stereocenters. The van der Waals surface area contributed by atoms with E-state index in [1.807, 2.05) is 11.0 Å². The predicted octanol–water partition coefficient (Wildman–Crippen LogP) is 4.18. The fourth-order valence-electron chi connectivity index (χ4n) is 5.41. The first-order valence-electron chi connectivity index (χ1n) is 11.7. The van der Waals surface area contributed by atoms with E-state index in [2.05, 4.69) is 35.2 Å². The Balaban J connectivity index is 1.24. The molecule has 2 aromatic carbocycles. The van der Waals surface area contributed by atoms with E-state index in [4.69, 9.17) is 9.47 Å². The van der Waals surface area contributed by atoms with Crippen LogP contribution in [0, 0.1) is 0 Å². The van der Waals surface area contributed by atoms with Gasteiger partial charge >= 0.3 is 0 Å². The molecule has 3 heterocycles. The van der Waals surface area contributed by atoms with E-state index in [1.165, 1.54) is 29.5 Å². The van der Waals surface area contributed by atoms with Crippen LogP contribution in [-0.2, 0) is 17.6 Å². The van der Waals surface area contributed by atoms with Crippen LogP contribution in [-0.4, -0.2) is 50.2 Å². The highest BCUT2D eigenvalue weighted by Crippen LogP contribution is 2.41. The molecule has 31 heavy (non-hydrogen) atoms. The van der Waals surface area contributed by atoms with E-state index >= 15 is 0 Å². The van der Waals surface area contributed by atoms with Crippen LogP contribution in [0.1, 0.15) is 48.8 Å². The molecule has 0 aliphatic carbocycles. The summed E-state index contributed by atoms with van der Waals surface area (Å²) >= 11 is 0. The van der Waals surface area contributed by atoms with E-state index in [0.717, 1.165) is 62.7 Å². The Morgan fingerprint density at radius 3 is 2.84 bits per heavy atom. The quantitative estimate of drug-likeness (QED) is 0.728. The summed E-state index contributed by atoms with van der Waals surface area (Å²) in [6.45, 7) is 7.00. The molecule has 0 radical (unpaired) electrons. The third-order valence-electron chi connectivity index (χ3n) is 6.92. The first kappa shape index (κ1) is 20.4. The van der Waals surface area contributed by atoms with Crippen molar-refractivity contribution >= 4 is 11.6 Å². The fraction of sp³-hybridized carbons (Fsp3) is 0.500. The van der Waals surface area contributed by atoms with Crippen LogP contribution in [0.25, 0.3) is 0 Å². The number of hydrogen-bond donors (Lipinski definition) is 0. The lowest BCUT2D eigenvalue weighted by molar-refractivity contribution is -0.116. The third kappa shape index (κ3) is 4.16. The summed E-state index contributed by atoms with van der Waals surface area (Å²) in [5, 5.41) is 0. The molecule has 5 heteroatoms. The standard InChI is InChI=1S/C26H32N2O3/c1-19(29)28-15-17-31-26-23(10-3-11-24(26)28)22-9-5-14-27(18-22)13-4-8-20-6-2-7-21-12-16-30-25(20)21/h2-3,6-7,10-11,22H,4-5,8-9,12-18H2,1H3. The number of para-hydroxylation sites is 2. The van der Waals surface area contributed by atoms with E-state index < -0.39 is 0 Å². The lowest BCUT2D eigenvalue weighted by Crippen LogP contribution is -2.38. The van der Waals surface area contributed by atoms with E-state index in [0.29, 0.717) is 19.1 Å². The van der Waals surface area contributed by atoms with Gasteiger partial charge in [-0.2, -0.15) is 0 Å². The van der Waals surface area contributed by atoms with Gasteiger partial charge in [0.25, 0.3) is 0 Å². The van der Waals surface area contributed by atoms with E-state index in [1.54, 1.807) is 6.92 Å². The van der Waals surface area contributed by atoms with Gasteiger partial charge < -0.3 is 19.3 Å². The van der Waals surface area contributed by atoms with Crippen molar-refractivity contribution in [2.75, 3.05) is 44.3 Å². The van der Waals surface area contributed by atoms with Crippen molar-refractivity contribution in [1.82, 2.24) is 4.90 Å². The van der Waals surface area contributed by atoms with E-state index in [9.17, 15) is 4.79 Å². The van der Waals surface area contributed by atoms with Crippen molar-refractivity contribution in [2.45, 2.75) is 44.9 Å². The molecule has 0 spiro atoms. The minimum atomic E-state index is 0.0864. The van der Waals surface area contributed by atoms with Gasteiger partial charge in [0.15, 0.2) is 0 Å². The highest BCUT2D eigenvalue weighted by atomic mass is 16.5. The molecule has 3 aliphatic rings. The second kappa shape index (κ2) is 8.91. The monoisotopic (exact) mass is 420 g/mol. The van der Waals surface area contributed by atoms with Gasteiger partial charge in [0, 0.05) is 31.4 Å². The van der Waals surface area contributed by atoms with Gasteiger partial charge in [-0.1, -0.05) is 30.3 Å². The van der Waals surface area contributed by atoms with Crippen LogP contribution in [0.3, 0.4) is 0 Å². The highest BCUT2D eigenvalue weighted by Gasteiger charge is 2.29. The number of hydrogen-bond acceptors (Lipinski definition) is 4. The zero-order chi connectivity index (χ0) is 21.2. The zero-order valence-corrected chi connectivity index (χ0v) is 18.4. The number of benzene rings is 2. The number of fused-ring (bicyclic) bond motifs is 2. The predicted molar refractivity (Wildman–Crippen MR) is 122 cm³/mol. The molecule has 5 rings (SSSR count). The topological polar surface area (TPSA) is 42.0 Å². The Morgan fingerprint density at radius 2 is 1.94 bits per heavy atom. The zero-order valence-electron chi connectivity index (χ0n) is 18.4. The number of aryl methyl sites for hydroxylation is 1. The molecule has 164 valence electrons. The molecule has 1 fully saturated rings. The molecule has 1 saturated heterocycles. The number of carbonyl (C=O) groups excluding carboxylic acids is 1. The highest BCUT2D eigenvalue weighted by molar-refractivity contribution is 5.94. The first-order chi connectivity index (χ1) is 15.2. The first-order valence-corrected chi connectivity index (χ1v) is 11.7. The molecule has 2 aromatic rings. The van der Waals surface area contributed by atoms with Crippen LogP contribution < -0.4 is 14.4 Å². The summed E-state index contributed by atoms with van der Waals surface area (Å²) in [5.41, 5.74) is 4.93. The fourth-order valence-corrected chi connectivity index (χ4v) is 5.41. The van der Waals surface area contributed by atoms with Crippen LogP contribution in [0.15, 0.2) is 36.4 Å². The molecule has 1 amide bonds. The van der Waals surface area contributed by atoms with E-state index in [-0.39, 0.29) is 5.91 Å². The summed E-state index contributed by atoms with van der Waals surface area (Å²) in [6.07, 6.45) is 5.64. The van der Waals surface area contributed by atoms with Crippen molar-refractivity contribution in [2.24, 2.45) is 0 Å². The van der Waals surface area contributed by atoms with Crippen LogP contribution in [0.2, 0.25) is 0 Å². The van der Waals surface area contributed by atoms with Gasteiger partial charge in [-0.25, -0.2) is 0 Å². The van der Waals surface area contributed by atoms with Crippen molar-refractivity contribution < 1.29 is 14.3 Å². The van der Waals surface area contributed by atoms with Gasteiger partial charge in [-0.3, -0.25) is 4.79 Å². The summed E-state index contributed by atoms with van der Waals surface area (Å²) in [5.74, 6) is 2.61. The molecular weight excluding hydrogens is 388 g/mol.